The van der Waals surface area contributed by atoms with E-state index in [2.05, 4.69) is 33.6 Å². The van der Waals surface area contributed by atoms with Crippen LogP contribution >= 0.6 is 11.3 Å². The molecule has 0 radical (unpaired) electrons. The molecule has 2 aromatic rings. The number of nitrogens with zero attached hydrogens (tertiary/aromatic N) is 3. The van der Waals surface area contributed by atoms with Crippen LogP contribution in [0, 0.1) is 12.8 Å². The van der Waals surface area contributed by atoms with Crippen LogP contribution in [0.25, 0.3) is 0 Å². The summed E-state index contributed by atoms with van der Waals surface area (Å²) in [7, 11) is 1.83. The number of imidazole rings is 1. The summed E-state index contributed by atoms with van der Waals surface area (Å²) in [5.74, 6) is 0.877. The molecule has 0 bridgehead atoms. The van der Waals surface area contributed by atoms with Crippen LogP contribution in [0.2, 0.25) is 0 Å². The molecule has 2 saturated heterocycles. The van der Waals surface area contributed by atoms with Gasteiger partial charge in [0.15, 0.2) is 5.82 Å². The van der Waals surface area contributed by atoms with E-state index in [4.69, 9.17) is 4.74 Å². The highest BCUT2D eigenvalue weighted by Crippen LogP contribution is 2.42. The van der Waals surface area contributed by atoms with Gasteiger partial charge in [0.25, 0.3) is 5.91 Å². The van der Waals surface area contributed by atoms with Gasteiger partial charge in [0.05, 0.1) is 5.60 Å². The number of hydrogen-bond donors (Lipinski definition) is 1. The van der Waals surface area contributed by atoms with Crippen molar-refractivity contribution in [3.8, 4) is 0 Å². The number of carbonyl (C=O) groups excluding carboxylic acids is 1. The molecule has 2 aromatic heterocycles. The lowest BCUT2D eigenvalue weighted by Gasteiger charge is -2.50. The quantitative estimate of drug-likeness (QED) is 0.842. The van der Waals surface area contributed by atoms with Crippen LogP contribution in [0.5, 0.6) is 0 Å². The van der Waals surface area contributed by atoms with Crippen molar-refractivity contribution in [2.45, 2.75) is 31.9 Å². The Bertz CT molecular complexity index is 778. The van der Waals surface area contributed by atoms with Crippen molar-refractivity contribution in [2.24, 2.45) is 13.0 Å². The minimum Gasteiger partial charge on any atom is -0.372 e. The molecule has 4 rings (SSSR count). The molecule has 1 N–H and O–H groups in total. The first-order chi connectivity index (χ1) is 12.6. The molecule has 2 aliphatic heterocycles. The van der Waals surface area contributed by atoms with Crippen LogP contribution in [0.4, 0.5) is 0 Å². The molecule has 0 aliphatic carbocycles. The Morgan fingerprint density at radius 1 is 1.50 bits per heavy atom. The topological polar surface area (TPSA) is 59.4 Å². The van der Waals surface area contributed by atoms with Crippen molar-refractivity contribution in [3.63, 3.8) is 0 Å². The highest BCUT2D eigenvalue weighted by Gasteiger charge is 2.52. The lowest BCUT2D eigenvalue weighted by molar-refractivity contribution is -0.136. The molecule has 2 fully saturated rings. The normalized spacial score (nSPS) is 21.8. The van der Waals surface area contributed by atoms with Crippen LogP contribution in [0.15, 0.2) is 23.8 Å². The molecule has 1 unspecified atom stereocenters. The van der Waals surface area contributed by atoms with Crippen LogP contribution in [-0.4, -0.2) is 52.2 Å². The van der Waals surface area contributed by atoms with Gasteiger partial charge in [-0.1, -0.05) is 0 Å². The highest BCUT2D eigenvalue weighted by molar-refractivity contribution is 7.10. The Balaban J connectivity index is 1.26. The summed E-state index contributed by atoms with van der Waals surface area (Å²) in [5.41, 5.74) is 1.39. The molecule has 2 aliphatic rings. The summed E-state index contributed by atoms with van der Waals surface area (Å²) in [6.07, 6.45) is 5.48. The van der Waals surface area contributed by atoms with Gasteiger partial charge in [-0.2, -0.15) is 0 Å². The average Bonchev–Trinajstić information content (AvgIpc) is 3.29. The number of carbonyl (C=O) groups is 1. The number of aryl methyl sites for hydroxylation is 2. The van der Waals surface area contributed by atoms with E-state index in [0.29, 0.717) is 18.3 Å². The lowest BCUT2D eigenvalue weighted by atomic mass is 9.79. The number of ether oxygens (including phenoxy) is 1. The molecular formula is C19H26N4O2S. The molecule has 0 aromatic carbocycles. The minimum atomic E-state index is -0.103. The van der Waals surface area contributed by atoms with Gasteiger partial charge in [-0.25, -0.2) is 4.98 Å². The summed E-state index contributed by atoms with van der Waals surface area (Å²) in [6.45, 7) is 6.72. The zero-order valence-electron chi connectivity index (χ0n) is 15.4. The predicted molar refractivity (Wildman–Crippen MR) is 101 cm³/mol. The third-order valence-corrected chi connectivity index (χ3v) is 6.73. The first-order valence-electron chi connectivity index (χ1n) is 9.22. The number of aromatic nitrogens is 2. The minimum absolute atomic E-state index is 0.000878. The van der Waals surface area contributed by atoms with E-state index in [1.54, 1.807) is 17.0 Å². The molecule has 0 saturated carbocycles. The summed E-state index contributed by atoms with van der Waals surface area (Å²) in [6, 6.07) is 2.19. The first-order valence-corrected chi connectivity index (χ1v) is 10.1. The fraction of sp³-hybridized carbons (Fsp3) is 0.579. The Morgan fingerprint density at radius 3 is 3.04 bits per heavy atom. The second kappa shape index (κ2) is 7.13. The zero-order valence-corrected chi connectivity index (χ0v) is 16.2. The summed E-state index contributed by atoms with van der Waals surface area (Å²) in [5, 5.41) is 5.17. The van der Waals surface area contributed by atoms with Gasteiger partial charge < -0.3 is 14.6 Å². The van der Waals surface area contributed by atoms with Crippen molar-refractivity contribution in [2.75, 3.05) is 26.2 Å². The molecule has 1 atom stereocenters. The van der Waals surface area contributed by atoms with Gasteiger partial charge >= 0.3 is 0 Å². The fourth-order valence-corrected chi connectivity index (χ4v) is 5.10. The molecular weight excluding hydrogens is 348 g/mol. The van der Waals surface area contributed by atoms with Crippen LogP contribution in [0.1, 0.15) is 33.9 Å². The van der Waals surface area contributed by atoms with Gasteiger partial charge in [0.2, 0.25) is 0 Å². The van der Waals surface area contributed by atoms with Gasteiger partial charge in [-0.15, -0.1) is 11.3 Å². The lowest BCUT2D eigenvalue weighted by Crippen LogP contribution is -2.64. The molecule has 1 amide bonds. The molecule has 26 heavy (non-hydrogen) atoms. The monoisotopic (exact) mass is 374 g/mol. The molecule has 1 spiro atoms. The standard InChI is InChI=1S/C19H26N4O2S/c1-14-5-10-26-16(14)11-23-12-19(13-23)15(4-9-25-19)3-6-21-18(24)17-20-7-8-22(17)2/h5,7-8,10,15H,3-4,6,9,11-13H2,1-2H3,(H,21,24). The van der Waals surface area contributed by atoms with E-state index in [9.17, 15) is 4.79 Å². The maximum Gasteiger partial charge on any atom is 0.287 e. The maximum atomic E-state index is 12.2. The van der Waals surface area contributed by atoms with E-state index in [0.717, 1.165) is 39.1 Å². The van der Waals surface area contributed by atoms with Crippen molar-refractivity contribution < 1.29 is 9.53 Å². The third-order valence-electron chi connectivity index (χ3n) is 5.72. The van der Waals surface area contributed by atoms with Crippen molar-refractivity contribution >= 4 is 17.2 Å². The van der Waals surface area contributed by atoms with Crippen molar-refractivity contribution in [1.82, 2.24) is 19.8 Å². The number of nitrogens with one attached hydrogen (secondary N) is 1. The predicted octanol–water partition coefficient (Wildman–Crippen LogP) is 2.20. The number of hydrogen-bond acceptors (Lipinski definition) is 5. The second-order valence-electron chi connectivity index (χ2n) is 7.48. The number of amides is 1. The zero-order chi connectivity index (χ0) is 18.1. The second-order valence-corrected chi connectivity index (χ2v) is 8.48. The fourth-order valence-electron chi connectivity index (χ4n) is 4.16. The van der Waals surface area contributed by atoms with Crippen molar-refractivity contribution in [1.29, 1.82) is 0 Å². The Morgan fingerprint density at radius 2 is 2.35 bits per heavy atom. The van der Waals surface area contributed by atoms with Crippen molar-refractivity contribution in [3.05, 3.63) is 40.1 Å². The summed E-state index contributed by atoms with van der Waals surface area (Å²) >= 11 is 1.84. The van der Waals surface area contributed by atoms with Crippen LogP contribution in [0.3, 0.4) is 0 Å². The Labute approximate surface area is 158 Å². The van der Waals surface area contributed by atoms with Crippen LogP contribution < -0.4 is 5.32 Å². The SMILES string of the molecule is Cc1ccsc1CN1CC2(C1)OCCC2CCNC(=O)c1nccn1C. The van der Waals surface area contributed by atoms with E-state index >= 15 is 0 Å². The number of thiophene rings is 1. The Hall–Kier alpha value is -1.70. The smallest absolute Gasteiger partial charge is 0.287 e. The molecule has 6 nitrogen and oxygen atoms in total. The molecule has 7 heteroatoms. The molecule has 4 heterocycles. The van der Waals surface area contributed by atoms with Crippen LogP contribution in [-0.2, 0) is 18.3 Å². The summed E-state index contributed by atoms with van der Waals surface area (Å²) < 4.78 is 7.89. The average molecular weight is 375 g/mol. The third kappa shape index (κ3) is 3.31. The van der Waals surface area contributed by atoms with Gasteiger partial charge in [0.1, 0.15) is 0 Å². The summed E-state index contributed by atoms with van der Waals surface area (Å²) in [4.78, 5) is 20.2. The Kier molecular flexibility index (Phi) is 4.86. The number of likely N-dealkylation sites (tertiary alicyclic amines) is 1. The van der Waals surface area contributed by atoms with E-state index in [-0.39, 0.29) is 11.5 Å². The van der Waals surface area contributed by atoms with E-state index in [1.165, 1.54) is 10.4 Å². The van der Waals surface area contributed by atoms with Gasteiger partial charge in [-0.05, 0) is 42.7 Å². The highest BCUT2D eigenvalue weighted by atomic mass is 32.1. The largest absolute Gasteiger partial charge is 0.372 e. The van der Waals surface area contributed by atoms with E-state index < -0.39 is 0 Å². The number of rotatable bonds is 6. The van der Waals surface area contributed by atoms with Gasteiger partial charge in [0, 0.05) is 57.1 Å². The van der Waals surface area contributed by atoms with Gasteiger partial charge in [-0.3, -0.25) is 9.69 Å². The molecule has 140 valence electrons. The first kappa shape index (κ1) is 17.7. The maximum absolute atomic E-state index is 12.2. The van der Waals surface area contributed by atoms with E-state index in [1.807, 2.05) is 18.4 Å².